The lowest BCUT2D eigenvalue weighted by Gasteiger charge is -2.33. The Labute approximate surface area is 236 Å². The van der Waals surface area contributed by atoms with Crippen LogP contribution < -0.4 is 9.62 Å². The molecular weight excluding hydrogens is 534 g/mol. The topological polar surface area (TPSA) is 86.8 Å². The number of rotatable bonds is 12. The number of carbonyl (C=O) groups is 2. The van der Waals surface area contributed by atoms with E-state index in [4.69, 9.17) is 11.6 Å². The van der Waals surface area contributed by atoms with E-state index in [-0.39, 0.29) is 23.4 Å². The molecule has 0 saturated heterocycles. The highest BCUT2D eigenvalue weighted by atomic mass is 35.5. The standard InChI is InChI=1S/C30H36ClN3O4S/c1-5-23(4)32-30(36)28(6-2)33(20-24-14-12-22(3)13-15-24)29(35)21-34(26-18-16-25(31)17-19-26)39(37,38)27-10-8-7-9-11-27/h7-19,23,28H,5-6,20-21H2,1-4H3,(H,32,36)/t23-,28+/m1/s1. The highest BCUT2D eigenvalue weighted by molar-refractivity contribution is 7.92. The van der Waals surface area contributed by atoms with Crippen molar-refractivity contribution in [2.24, 2.45) is 0 Å². The highest BCUT2D eigenvalue weighted by Gasteiger charge is 2.33. The molecular formula is C30H36ClN3O4S. The second-order valence-corrected chi connectivity index (χ2v) is 11.8. The van der Waals surface area contributed by atoms with Crippen LogP contribution in [0, 0.1) is 6.92 Å². The van der Waals surface area contributed by atoms with Crippen molar-refractivity contribution in [1.29, 1.82) is 0 Å². The van der Waals surface area contributed by atoms with Crippen molar-refractivity contribution >= 4 is 39.1 Å². The molecule has 0 aliphatic carbocycles. The van der Waals surface area contributed by atoms with E-state index in [1.807, 2.05) is 52.0 Å². The first-order valence-corrected chi connectivity index (χ1v) is 14.9. The maximum absolute atomic E-state index is 14.0. The van der Waals surface area contributed by atoms with Gasteiger partial charge < -0.3 is 10.2 Å². The smallest absolute Gasteiger partial charge is 0.264 e. The van der Waals surface area contributed by atoms with Crippen LogP contribution in [0.2, 0.25) is 5.02 Å². The molecule has 0 aromatic heterocycles. The normalized spacial score (nSPS) is 12.8. The molecule has 0 saturated carbocycles. The lowest BCUT2D eigenvalue weighted by Crippen LogP contribution is -2.53. The van der Waals surface area contributed by atoms with E-state index < -0.39 is 28.5 Å². The van der Waals surface area contributed by atoms with E-state index in [0.29, 0.717) is 17.1 Å². The number of hydrogen-bond acceptors (Lipinski definition) is 4. The molecule has 7 nitrogen and oxygen atoms in total. The SMILES string of the molecule is CC[C@@H](C)NC(=O)[C@H](CC)N(Cc1ccc(C)cc1)C(=O)CN(c1ccc(Cl)cc1)S(=O)(=O)c1ccccc1. The van der Waals surface area contributed by atoms with Crippen LogP contribution in [0.1, 0.15) is 44.7 Å². The first kappa shape index (κ1) is 30.2. The Bertz CT molecular complexity index is 1350. The van der Waals surface area contributed by atoms with Crippen molar-refractivity contribution in [2.75, 3.05) is 10.8 Å². The second-order valence-electron chi connectivity index (χ2n) is 9.55. The lowest BCUT2D eigenvalue weighted by molar-refractivity contribution is -0.140. The minimum Gasteiger partial charge on any atom is -0.352 e. The first-order valence-electron chi connectivity index (χ1n) is 13.1. The van der Waals surface area contributed by atoms with E-state index >= 15 is 0 Å². The molecule has 1 N–H and O–H groups in total. The lowest BCUT2D eigenvalue weighted by atomic mass is 10.1. The van der Waals surface area contributed by atoms with Crippen LogP contribution in [0.4, 0.5) is 5.69 Å². The number of halogens is 1. The summed E-state index contributed by atoms with van der Waals surface area (Å²) in [6.07, 6.45) is 1.11. The summed E-state index contributed by atoms with van der Waals surface area (Å²) in [5.74, 6) is -0.757. The van der Waals surface area contributed by atoms with Crippen molar-refractivity contribution in [3.05, 3.63) is 95.0 Å². The van der Waals surface area contributed by atoms with Gasteiger partial charge in [0.1, 0.15) is 12.6 Å². The summed E-state index contributed by atoms with van der Waals surface area (Å²) in [6, 6.07) is 21.1. The van der Waals surface area contributed by atoms with Crippen molar-refractivity contribution < 1.29 is 18.0 Å². The summed E-state index contributed by atoms with van der Waals surface area (Å²) < 4.78 is 28.6. The van der Waals surface area contributed by atoms with Crippen LogP contribution in [0.15, 0.2) is 83.8 Å². The molecule has 0 aliphatic rings. The molecule has 2 amide bonds. The van der Waals surface area contributed by atoms with Crippen LogP contribution in [0.25, 0.3) is 0 Å². The quantitative estimate of drug-likeness (QED) is 0.309. The third-order valence-corrected chi connectivity index (χ3v) is 8.63. The van der Waals surface area contributed by atoms with E-state index in [9.17, 15) is 18.0 Å². The van der Waals surface area contributed by atoms with Gasteiger partial charge >= 0.3 is 0 Å². The minimum absolute atomic E-state index is 0.0550. The molecule has 3 aromatic rings. The van der Waals surface area contributed by atoms with Gasteiger partial charge in [-0.3, -0.25) is 13.9 Å². The maximum atomic E-state index is 14.0. The second kappa shape index (κ2) is 13.6. The third-order valence-electron chi connectivity index (χ3n) is 6.59. The molecule has 0 unspecified atom stereocenters. The van der Waals surface area contributed by atoms with Crippen molar-refractivity contribution in [1.82, 2.24) is 10.2 Å². The molecule has 3 rings (SSSR count). The fourth-order valence-corrected chi connectivity index (χ4v) is 5.67. The zero-order chi connectivity index (χ0) is 28.6. The summed E-state index contributed by atoms with van der Waals surface area (Å²) >= 11 is 6.07. The van der Waals surface area contributed by atoms with Gasteiger partial charge in [0.25, 0.3) is 10.0 Å². The van der Waals surface area contributed by atoms with Crippen LogP contribution in [-0.2, 0) is 26.2 Å². The Morgan fingerprint density at radius 2 is 1.51 bits per heavy atom. The Balaban J connectivity index is 2.03. The van der Waals surface area contributed by atoms with Gasteiger partial charge in [0.05, 0.1) is 10.6 Å². The number of nitrogens with one attached hydrogen (secondary N) is 1. The fraction of sp³-hybridized carbons (Fsp3) is 0.333. The molecule has 0 radical (unpaired) electrons. The number of anilines is 1. The zero-order valence-corrected chi connectivity index (χ0v) is 24.4. The summed E-state index contributed by atoms with van der Waals surface area (Å²) in [5, 5.41) is 3.42. The number of nitrogens with zero attached hydrogens (tertiary/aromatic N) is 2. The van der Waals surface area contributed by atoms with Crippen molar-refractivity contribution in [3.63, 3.8) is 0 Å². The molecule has 39 heavy (non-hydrogen) atoms. The monoisotopic (exact) mass is 569 g/mol. The summed E-state index contributed by atoms with van der Waals surface area (Å²) in [4.78, 5) is 28.8. The Morgan fingerprint density at radius 1 is 0.897 bits per heavy atom. The number of sulfonamides is 1. The van der Waals surface area contributed by atoms with Crippen LogP contribution in [0.5, 0.6) is 0 Å². The Morgan fingerprint density at radius 3 is 2.08 bits per heavy atom. The van der Waals surface area contributed by atoms with E-state index in [2.05, 4.69) is 5.32 Å². The van der Waals surface area contributed by atoms with Crippen molar-refractivity contribution in [3.8, 4) is 0 Å². The van der Waals surface area contributed by atoms with Gasteiger partial charge in [-0.15, -0.1) is 0 Å². The van der Waals surface area contributed by atoms with Gasteiger partial charge in [0.15, 0.2) is 0 Å². The predicted octanol–water partition coefficient (Wildman–Crippen LogP) is 5.57. The number of carbonyl (C=O) groups excluding carboxylic acids is 2. The number of aryl methyl sites for hydroxylation is 1. The summed E-state index contributed by atoms with van der Waals surface area (Å²) in [5.41, 5.74) is 2.21. The maximum Gasteiger partial charge on any atom is 0.264 e. The Kier molecular flexibility index (Phi) is 10.5. The molecule has 3 aromatic carbocycles. The predicted molar refractivity (Wildman–Crippen MR) is 156 cm³/mol. The van der Waals surface area contributed by atoms with Gasteiger partial charge in [-0.1, -0.05) is 73.5 Å². The van der Waals surface area contributed by atoms with Gasteiger partial charge in [0, 0.05) is 17.6 Å². The average molecular weight is 570 g/mol. The van der Waals surface area contributed by atoms with Gasteiger partial charge in [-0.05, 0) is 68.7 Å². The van der Waals surface area contributed by atoms with E-state index in [1.54, 1.807) is 42.5 Å². The molecule has 0 spiro atoms. The van der Waals surface area contributed by atoms with Gasteiger partial charge in [0.2, 0.25) is 11.8 Å². The molecule has 9 heteroatoms. The summed E-state index contributed by atoms with van der Waals surface area (Å²) in [7, 11) is -4.11. The molecule has 208 valence electrons. The van der Waals surface area contributed by atoms with Crippen LogP contribution >= 0.6 is 11.6 Å². The van der Waals surface area contributed by atoms with Gasteiger partial charge in [-0.25, -0.2) is 8.42 Å². The zero-order valence-electron chi connectivity index (χ0n) is 22.8. The van der Waals surface area contributed by atoms with Crippen molar-refractivity contribution in [2.45, 2.75) is 64.1 Å². The largest absolute Gasteiger partial charge is 0.352 e. The minimum atomic E-state index is -4.11. The molecule has 2 atom stereocenters. The van der Waals surface area contributed by atoms with E-state index in [0.717, 1.165) is 21.9 Å². The fourth-order valence-electron chi connectivity index (χ4n) is 4.11. The highest BCUT2D eigenvalue weighted by Crippen LogP contribution is 2.26. The number of benzene rings is 3. The molecule has 0 heterocycles. The molecule has 0 fully saturated rings. The van der Waals surface area contributed by atoms with E-state index in [1.165, 1.54) is 17.0 Å². The van der Waals surface area contributed by atoms with Gasteiger partial charge in [-0.2, -0.15) is 0 Å². The molecule has 0 aliphatic heterocycles. The average Bonchev–Trinajstić information content (AvgIpc) is 2.93. The number of amides is 2. The molecule has 0 bridgehead atoms. The third kappa shape index (κ3) is 7.83. The van der Waals surface area contributed by atoms with Crippen LogP contribution in [0.3, 0.4) is 0 Å². The first-order chi connectivity index (χ1) is 18.6. The van der Waals surface area contributed by atoms with Crippen LogP contribution in [-0.4, -0.2) is 43.8 Å². The Hall–Kier alpha value is -3.36. The number of hydrogen-bond donors (Lipinski definition) is 1. The summed E-state index contributed by atoms with van der Waals surface area (Å²) in [6.45, 7) is 7.36.